The van der Waals surface area contributed by atoms with Crippen molar-refractivity contribution in [2.75, 3.05) is 11.1 Å². The topological polar surface area (TPSA) is 40.1 Å². The Kier molecular flexibility index (Phi) is 5.56. The van der Waals surface area contributed by atoms with Crippen LogP contribution in [-0.2, 0) is 11.1 Å². The molecule has 0 heterocycles. The van der Waals surface area contributed by atoms with Gasteiger partial charge in [0, 0.05) is 15.9 Å². The van der Waals surface area contributed by atoms with Crippen LogP contribution in [0.25, 0.3) is 0 Å². The second-order valence-corrected chi connectivity index (χ2v) is 4.11. The highest BCUT2D eigenvalue weighted by Crippen LogP contribution is 2.03. The Hall–Kier alpha value is 1.07. The lowest BCUT2D eigenvalue weighted by Crippen LogP contribution is -2.10. The Morgan fingerprint density at radius 2 is 2.25 bits per heavy atom. The summed E-state index contributed by atoms with van der Waals surface area (Å²) in [5.41, 5.74) is 0. The second-order valence-electron chi connectivity index (χ2n) is 1.22. The maximum Gasteiger partial charge on any atom is 0.0346 e. The highest BCUT2D eigenvalue weighted by Gasteiger charge is 1.98. The van der Waals surface area contributed by atoms with E-state index in [1.54, 1.807) is 0 Å². The number of halogens is 2. The van der Waals surface area contributed by atoms with Crippen molar-refractivity contribution < 1.29 is 8.76 Å². The van der Waals surface area contributed by atoms with Gasteiger partial charge in [0.1, 0.15) is 0 Å². The van der Waals surface area contributed by atoms with E-state index in [9.17, 15) is 8.76 Å². The SMILES string of the molecule is O=S([O-])CC(Br)CBr. The molecule has 0 aliphatic heterocycles. The van der Waals surface area contributed by atoms with E-state index in [0.717, 1.165) is 0 Å². The van der Waals surface area contributed by atoms with Crippen LogP contribution in [0.2, 0.25) is 0 Å². The molecule has 0 saturated heterocycles. The first-order valence-electron chi connectivity index (χ1n) is 1.92. The third-order valence-electron chi connectivity index (χ3n) is 0.484. The van der Waals surface area contributed by atoms with E-state index < -0.39 is 11.1 Å². The van der Waals surface area contributed by atoms with Crippen molar-refractivity contribution in [2.24, 2.45) is 0 Å². The second kappa shape index (κ2) is 4.90. The molecular weight excluding hydrogens is 260 g/mol. The van der Waals surface area contributed by atoms with Crippen LogP contribution in [0.15, 0.2) is 0 Å². The molecule has 0 N–H and O–H groups in total. The van der Waals surface area contributed by atoms with Crippen molar-refractivity contribution in [1.29, 1.82) is 0 Å². The summed E-state index contributed by atoms with van der Waals surface area (Å²) in [5.74, 6) is 0.172. The molecule has 2 unspecified atom stereocenters. The van der Waals surface area contributed by atoms with E-state index in [-0.39, 0.29) is 10.6 Å². The van der Waals surface area contributed by atoms with Gasteiger partial charge >= 0.3 is 0 Å². The van der Waals surface area contributed by atoms with E-state index in [2.05, 4.69) is 31.9 Å². The molecule has 8 heavy (non-hydrogen) atoms. The van der Waals surface area contributed by atoms with E-state index in [1.807, 2.05) is 0 Å². The van der Waals surface area contributed by atoms with Crippen molar-refractivity contribution in [3.8, 4) is 0 Å². The van der Waals surface area contributed by atoms with Gasteiger partial charge in [-0.05, 0) is 0 Å². The molecule has 0 bridgehead atoms. The Morgan fingerprint density at radius 1 is 1.75 bits per heavy atom. The highest BCUT2D eigenvalue weighted by molar-refractivity contribution is 9.12. The summed E-state index contributed by atoms with van der Waals surface area (Å²) < 4.78 is 19.8. The summed E-state index contributed by atoms with van der Waals surface area (Å²) in [5, 5.41) is 0.668. The minimum absolute atomic E-state index is 0.0424. The lowest BCUT2D eigenvalue weighted by atomic mass is 10.6. The van der Waals surface area contributed by atoms with Crippen LogP contribution in [-0.4, -0.2) is 24.7 Å². The fourth-order valence-corrected chi connectivity index (χ4v) is 1.78. The van der Waals surface area contributed by atoms with Gasteiger partial charge in [-0.2, -0.15) is 0 Å². The molecule has 0 aliphatic rings. The molecule has 0 aliphatic carbocycles. The summed E-state index contributed by atoms with van der Waals surface area (Å²) in [6.45, 7) is 0. The first-order chi connectivity index (χ1) is 3.66. The van der Waals surface area contributed by atoms with Crippen molar-refractivity contribution in [2.45, 2.75) is 4.83 Å². The predicted molar refractivity (Wildman–Crippen MR) is 40.3 cm³/mol. The summed E-state index contributed by atoms with van der Waals surface area (Å²) >= 11 is 4.34. The summed E-state index contributed by atoms with van der Waals surface area (Å²) in [6.07, 6.45) is 0. The zero-order valence-electron chi connectivity index (χ0n) is 3.97. The molecule has 0 radical (unpaired) electrons. The van der Waals surface area contributed by atoms with Crippen LogP contribution in [0.3, 0.4) is 0 Å². The Labute approximate surface area is 67.6 Å². The molecule has 50 valence electrons. The summed E-state index contributed by atoms with van der Waals surface area (Å²) in [6, 6.07) is 0. The van der Waals surface area contributed by atoms with Gasteiger partial charge in [0.25, 0.3) is 0 Å². The monoisotopic (exact) mass is 263 g/mol. The van der Waals surface area contributed by atoms with Crippen molar-refractivity contribution in [1.82, 2.24) is 0 Å². The Bertz CT molecular complexity index is 87.4. The predicted octanol–water partition coefficient (Wildman–Crippen LogP) is 1.02. The fraction of sp³-hybridized carbons (Fsp3) is 1.00. The van der Waals surface area contributed by atoms with Crippen molar-refractivity contribution >= 4 is 42.9 Å². The number of alkyl halides is 2. The average molecular weight is 265 g/mol. The first-order valence-corrected chi connectivity index (χ1v) is 5.21. The zero-order chi connectivity index (χ0) is 6.57. The quantitative estimate of drug-likeness (QED) is 0.564. The van der Waals surface area contributed by atoms with E-state index in [4.69, 9.17) is 0 Å². The van der Waals surface area contributed by atoms with E-state index in [0.29, 0.717) is 5.33 Å². The van der Waals surface area contributed by atoms with Gasteiger partial charge in [-0.15, -0.1) is 0 Å². The molecule has 2 atom stereocenters. The molecular formula is C3H5Br2O2S-. The molecule has 0 rings (SSSR count). The fourth-order valence-electron chi connectivity index (χ4n) is 0.192. The van der Waals surface area contributed by atoms with Gasteiger partial charge in [-0.25, -0.2) is 0 Å². The maximum absolute atomic E-state index is 9.92. The first kappa shape index (κ1) is 9.07. The van der Waals surface area contributed by atoms with Gasteiger partial charge in [0.2, 0.25) is 0 Å². The minimum Gasteiger partial charge on any atom is -0.772 e. The minimum atomic E-state index is -1.92. The van der Waals surface area contributed by atoms with Crippen LogP contribution in [0, 0.1) is 0 Å². The van der Waals surface area contributed by atoms with E-state index in [1.165, 1.54) is 0 Å². The van der Waals surface area contributed by atoms with Crippen molar-refractivity contribution in [3.05, 3.63) is 0 Å². The average Bonchev–Trinajstić information content (AvgIpc) is 1.65. The van der Waals surface area contributed by atoms with Gasteiger partial charge in [-0.3, -0.25) is 4.21 Å². The van der Waals surface area contributed by atoms with E-state index >= 15 is 0 Å². The number of hydrogen-bond donors (Lipinski definition) is 0. The Morgan fingerprint density at radius 3 is 2.38 bits per heavy atom. The standard InChI is InChI=1S/C3H6Br2O2S/c4-1-3(5)2-8(6)7/h3H,1-2H2,(H,6,7)/p-1. The summed E-state index contributed by atoms with van der Waals surface area (Å²) in [4.78, 5) is 0.0424. The lowest BCUT2D eigenvalue weighted by Gasteiger charge is -2.06. The smallest absolute Gasteiger partial charge is 0.0346 e. The summed E-state index contributed by atoms with van der Waals surface area (Å²) in [7, 11) is 0. The maximum atomic E-state index is 9.92. The molecule has 0 aromatic heterocycles. The normalized spacial score (nSPS) is 17.9. The zero-order valence-corrected chi connectivity index (χ0v) is 7.96. The van der Waals surface area contributed by atoms with Gasteiger partial charge in [0.15, 0.2) is 0 Å². The molecule has 0 aromatic carbocycles. The largest absolute Gasteiger partial charge is 0.772 e. The van der Waals surface area contributed by atoms with Gasteiger partial charge < -0.3 is 4.55 Å². The van der Waals surface area contributed by atoms with Crippen molar-refractivity contribution in [3.63, 3.8) is 0 Å². The molecule has 0 amide bonds. The Balaban J connectivity index is 3.24. The molecule has 0 fully saturated rings. The molecule has 2 nitrogen and oxygen atoms in total. The van der Waals surface area contributed by atoms with Crippen LogP contribution < -0.4 is 0 Å². The van der Waals surface area contributed by atoms with Crippen LogP contribution in [0.5, 0.6) is 0 Å². The van der Waals surface area contributed by atoms with Gasteiger partial charge in [-0.1, -0.05) is 42.9 Å². The highest BCUT2D eigenvalue weighted by atomic mass is 79.9. The third kappa shape index (κ3) is 5.21. The van der Waals surface area contributed by atoms with Crippen LogP contribution >= 0.6 is 31.9 Å². The van der Waals surface area contributed by atoms with Gasteiger partial charge in [0.05, 0.1) is 0 Å². The third-order valence-corrected chi connectivity index (χ3v) is 3.89. The molecule has 0 spiro atoms. The number of hydrogen-bond acceptors (Lipinski definition) is 2. The number of rotatable bonds is 3. The molecule has 0 saturated carbocycles. The van der Waals surface area contributed by atoms with Crippen LogP contribution in [0.4, 0.5) is 0 Å². The lowest BCUT2D eigenvalue weighted by molar-refractivity contribution is 0.537. The molecule has 0 aromatic rings. The van der Waals surface area contributed by atoms with Crippen LogP contribution in [0.1, 0.15) is 0 Å². The molecule has 5 heteroatoms.